The van der Waals surface area contributed by atoms with E-state index < -0.39 is 72.8 Å². The minimum absolute atomic E-state index is 0.00368. The molecule has 0 radical (unpaired) electrons. The van der Waals surface area contributed by atoms with Crippen molar-refractivity contribution in [2.45, 2.75) is 71.2 Å². The largest absolute Gasteiger partial charge is 0.468 e. The third-order valence-corrected chi connectivity index (χ3v) is 7.59. The fraction of sp³-hybridized carbons (Fsp3) is 0.375. The number of carbonyl (C=O) groups is 5. The molecule has 0 aliphatic carbocycles. The van der Waals surface area contributed by atoms with Gasteiger partial charge in [-0.2, -0.15) is 5.26 Å². The number of ketones is 1. The average molecular weight is 653 g/mol. The Morgan fingerprint density at radius 2 is 1.46 bits per heavy atom. The first kappa shape index (κ1) is 34.0. The maximum Gasteiger partial charge on any atom is 0.303 e. The number of carbonyl (C=O) groups excluding carboxylic acids is 5. The summed E-state index contributed by atoms with van der Waals surface area (Å²) >= 11 is 4.77. The Morgan fingerprint density at radius 1 is 0.848 bits per heavy atom. The van der Waals surface area contributed by atoms with Crippen LogP contribution in [0.1, 0.15) is 51.9 Å². The Labute approximate surface area is 270 Å². The number of ether oxygens (including phenoxy) is 5. The average Bonchev–Trinajstić information content (AvgIpc) is 3.52. The lowest BCUT2D eigenvalue weighted by Gasteiger charge is -2.50. The smallest absolute Gasteiger partial charge is 0.303 e. The molecule has 1 saturated heterocycles. The molecule has 14 heteroatoms. The molecule has 0 N–H and O–H groups in total. The lowest BCUT2D eigenvalue weighted by Crippen LogP contribution is -2.66. The van der Waals surface area contributed by atoms with E-state index in [0.717, 1.165) is 27.7 Å². The van der Waals surface area contributed by atoms with Gasteiger partial charge in [0, 0.05) is 33.3 Å². The molecule has 2 aliphatic rings. The van der Waals surface area contributed by atoms with Gasteiger partial charge < -0.3 is 33.0 Å². The fourth-order valence-corrected chi connectivity index (χ4v) is 5.94. The predicted molar refractivity (Wildman–Crippen MR) is 161 cm³/mol. The van der Waals surface area contributed by atoms with Crippen molar-refractivity contribution >= 4 is 48.0 Å². The number of Topliss-reactive ketones (excluding diaryl/α,β-unsaturated/α-hetero) is 1. The summed E-state index contributed by atoms with van der Waals surface area (Å²) in [6, 6.07) is 14.0. The minimum Gasteiger partial charge on any atom is -0.468 e. The first-order valence-corrected chi connectivity index (χ1v) is 14.6. The molecule has 1 aromatic heterocycles. The Kier molecular flexibility index (Phi) is 10.7. The number of hydrogen-bond donors (Lipinski definition) is 1. The number of nitriles is 1. The molecule has 242 valence electrons. The molecule has 0 amide bonds. The van der Waals surface area contributed by atoms with Gasteiger partial charge in [0.25, 0.3) is 0 Å². The zero-order chi connectivity index (χ0) is 33.7. The van der Waals surface area contributed by atoms with Crippen molar-refractivity contribution in [1.29, 1.82) is 5.26 Å². The van der Waals surface area contributed by atoms with Crippen LogP contribution in [0.2, 0.25) is 0 Å². The van der Waals surface area contributed by atoms with Gasteiger partial charge in [-0.15, -0.1) is 12.6 Å². The van der Waals surface area contributed by atoms with Gasteiger partial charge in [-0.25, -0.2) is 0 Å². The summed E-state index contributed by atoms with van der Waals surface area (Å²) in [5.74, 6) is -4.22. The van der Waals surface area contributed by atoms with Gasteiger partial charge in [0.15, 0.2) is 30.3 Å². The number of allylic oxidation sites excluding steroid dienone is 2. The van der Waals surface area contributed by atoms with Crippen LogP contribution < -0.4 is 0 Å². The number of furan rings is 1. The first-order valence-electron chi connectivity index (χ1n) is 14.1. The van der Waals surface area contributed by atoms with Crippen molar-refractivity contribution in [1.82, 2.24) is 4.90 Å². The molecule has 6 atom stereocenters. The second-order valence-electron chi connectivity index (χ2n) is 10.4. The number of hydrogen-bond acceptors (Lipinski definition) is 14. The number of benzene rings is 1. The van der Waals surface area contributed by atoms with Crippen molar-refractivity contribution in [3.8, 4) is 6.07 Å². The molecule has 0 spiro atoms. The van der Waals surface area contributed by atoms with Gasteiger partial charge in [0.1, 0.15) is 18.5 Å². The third kappa shape index (κ3) is 7.16. The van der Waals surface area contributed by atoms with E-state index in [9.17, 15) is 29.2 Å². The molecule has 2 aromatic rings. The maximum atomic E-state index is 13.6. The zero-order valence-corrected chi connectivity index (χ0v) is 26.5. The summed E-state index contributed by atoms with van der Waals surface area (Å²) in [5, 5.41) is 10.4. The van der Waals surface area contributed by atoms with Crippen LogP contribution in [0.3, 0.4) is 0 Å². The number of thiol groups is 1. The van der Waals surface area contributed by atoms with Gasteiger partial charge in [-0.05, 0) is 24.6 Å². The SMILES string of the molecule is CC(=O)OCC1OC(N2C(S)=C(C#N)C(c3ccco3)C(C(C)=O)=C2c2ccccc2)C(OC(C)=O)C(OC(C)=O)C1OC(C)=O. The Hall–Kier alpha value is -4.87. The highest BCUT2D eigenvalue weighted by molar-refractivity contribution is 7.84. The van der Waals surface area contributed by atoms with Crippen LogP contribution in [0.25, 0.3) is 5.70 Å². The Balaban J connectivity index is 2.05. The van der Waals surface area contributed by atoms with E-state index in [1.807, 2.05) is 0 Å². The molecule has 3 heterocycles. The quantitative estimate of drug-likeness (QED) is 0.238. The Morgan fingerprint density at radius 3 is 1.98 bits per heavy atom. The minimum atomic E-state index is -1.53. The van der Waals surface area contributed by atoms with Crippen LogP contribution in [0, 0.1) is 11.3 Å². The molecular weight excluding hydrogens is 620 g/mol. The van der Waals surface area contributed by atoms with Crippen molar-refractivity contribution in [3.63, 3.8) is 0 Å². The van der Waals surface area contributed by atoms with E-state index in [2.05, 4.69) is 6.07 Å². The lowest BCUT2D eigenvalue weighted by atomic mass is 9.81. The van der Waals surface area contributed by atoms with Crippen molar-refractivity contribution in [2.24, 2.45) is 0 Å². The van der Waals surface area contributed by atoms with Crippen LogP contribution in [0.15, 0.2) is 69.3 Å². The summed E-state index contributed by atoms with van der Waals surface area (Å²) in [4.78, 5) is 64.0. The standard InChI is InChI=1S/C32H32N2O11S/c1-16(35)25-26(23-12-9-13-40-23)22(14-33)32(46)34(27(25)21-10-7-6-8-11-21)31-30(44-20(5)39)29(43-19(4)38)28(42-18(3)37)24(45-31)15-41-17(2)36/h6-13,24,26,28-31,46H,15H2,1-5H3. The molecule has 2 aliphatic heterocycles. The monoisotopic (exact) mass is 652 g/mol. The topological polar surface area (TPSA) is 172 Å². The van der Waals surface area contributed by atoms with Crippen LogP contribution in [0.5, 0.6) is 0 Å². The number of rotatable bonds is 9. The summed E-state index contributed by atoms with van der Waals surface area (Å²) in [6.45, 7) is 5.36. The molecule has 0 saturated carbocycles. The molecule has 1 aromatic carbocycles. The highest BCUT2D eigenvalue weighted by Gasteiger charge is 2.56. The van der Waals surface area contributed by atoms with Crippen LogP contribution in [-0.4, -0.2) is 71.8 Å². The normalized spacial score (nSPS) is 24.5. The summed E-state index contributed by atoms with van der Waals surface area (Å²) in [6.07, 6.45) is -5.82. The van der Waals surface area contributed by atoms with Gasteiger partial charge in [0.05, 0.1) is 34.5 Å². The van der Waals surface area contributed by atoms with Crippen LogP contribution in [0.4, 0.5) is 0 Å². The van der Waals surface area contributed by atoms with Gasteiger partial charge in [-0.1, -0.05) is 30.3 Å². The summed E-state index contributed by atoms with van der Waals surface area (Å²) < 4.78 is 34.1. The molecule has 4 rings (SSSR count). The van der Waals surface area contributed by atoms with Crippen molar-refractivity contribution < 1.29 is 52.1 Å². The second kappa shape index (κ2) is 14.5. The van der Waals surface area contributed by atoms with Gasteiger partial charge in [0.2, 0.25) is 0 Å². The van der Waals surface area contributed by atoms with E-state index in [4.69, 9.17) is 40.7 Å². The van der Waals surface area contributed by atoms with E-state index in [1.54, 1.807) is 42.5 Å². The van der Waals surface area contributed by atoms with Gasteiger partial charge in [-0.3, -0.25) is 24.0 Å². The number of nitrogens with zero attached hydrogens (tertiary/aromatic N) is 2. The van der Waals surface area contributed by atoms with Crippen LogP contribution >= 0.6 is 12.6 Å². The molecule has 1 fully saturated rings. The highest BCUT2D eigenvalue weighted by atomic mass is 32.1. The first-order chi connectivity index (χ1) is 21.8. The van der Waals surface area contributed by atoms with E-state index in [-0.39, 0.29) is 21.9 Å². The summed E-state index contributed by atoms with van der Waals surface area (Å²) in [5.41, 5.74) is 0.833. The lowest BCUT2D eigenvalue weighted by molar-refractivity contribution is -0.269. The van der Waals surface area contributed by atoms with Crippen molar-refractivity contribution in [2.75, 3.05) is 6.61 Å². The maximum absolute atomic E-state index is 13.6. The van der Waals surface area contributed by atoms with Gasteiger partial charge >= 0.3 is 23.9 Å². The highest BCUT2D eigenvalue weighted by Crippen LogP contribution is 2.49. The third-order valence-electron chi connectivity index (χ3n) is 7.14. The zero-order valence-electron chi connectivity index (χ0n) is 25.6. The molecule has 13 nitrogen and oxygen atoms in total. The molecular formula is C32H32N2O11S. The summed E-state index contributed by atoms with van der Waals surface area (Å²) in [7, 11) is 0. The van der Waals surface area contributed by atoms with Crippen LogP contribution in [-0.2, 0) is 47.7 Å². The second-order valence-corrected chi connectivity index (χ2v) is 10.9. The van der Waals surface area contributed by atoms with E-state index >= 15 is 0 Å². The van der Waals surface area contributed by atoms with Crippen molar-refractivity contribution in [3.05, 3.63) is 76.2 Å². The molecule has 46 heavy (non-hydrogen) atoms. The predicted octanol–water partition coefficient (Wildman–Crippen LogP) is 3.43. The number of esters is 4. The Bertz CT molecular complexity index is 1610. The molecule has 6 unspecified atom stereocenters. The van der Waals surface area contributed by atoms with E-state index in [1.165, 1.54) is 18.1 Å². The molecule has 0 bridgehead atoms. The van der Waals surface area contributed by atoms with E-state index in [0.29, 0.717) is 11.3 Å². The fourth-order valence-electron chi connectivity index (χ4n) is 5.55.